The third-order valence-corrected chi connectivity index (χ3v) is 6.06. The lowest BCUT2D eigenvalue weighted by molar-refractivity contribution is 0.0336. The lowest BCUT2D eigenvalue weighted by atomic mass is 9.93. The first-order valence-corrected chi connectivity index (χ1v) is 11.3. The molecular weight excluding hydrogens is 406 g/mol. The third kappa shape index (κ3) is 5.05. The van der Waals surface area contributed by atoms with Crippen molar-refractivity contribution in [1.82, 2.24) is 24.8 Å². The molecule has 0 unspecified atom stereocenters. The van der Waals surface area contributed by atoms with Gasteiger partial charge >= 0.3 is 0 Å². The summed E-state index contributed by atoms with van der Waals surface area (Å²) < 4.78 is 11.7. The molecule has 1 saturated heterocycles. The van der Waals surface area contributed by atoms with Gasteiger partial charge in [-0.15, -0.1) is 0 Å². The molecule has 2 aliphatic rings. The van der Waals surface area contributed by atoms with E-state index in [2.05, 4.69) is 25.2 Å². The molecule has 3 aromatic rings. The van der Waals surface area contributed by atoms with Gasteiger partial charge in [0.2, 0.25) is 5.95 Å². The molecule has 5 rings (SSSR count). The van der Waals surface area contributed by atoms with E-state index >= 15 is 0 Å². The van der Waals surface area contributed by atoms with Crippen LogP contribution in [0.15, 0.2) is 36.8 Å². The van der Waals surface area contributed by atoms with Crippen LogP contribution in [0.25, 0.3) is 11.0 Å². The van der Waals surface area contributed by atoms with Crippen LogP contribution in [0.4, 0.5) is 11.6 Å². The minimum Gasteiger partial charge on any atom is -0.488 e. The van der Waals surface area contributed by atoms with Crippen LogP contribution in [0.5, 0.6) is 5.75 Å². The summed E-state index contributed by atoms with van der Waals surface area (Å²) in [6, 6.07) is 5.99. The number of rotatable bonds is 6. The summed E-state index contributed by atoms with van der Waals surface area (Å²) in [7, 11) is 0. The number of benzene rings is 1. The Balaban J connectivity index is 1.16. The summed E-state index contributed by atoms with van der Waals surface area (Å²) in [5.41, 5.74) is 9.22. The van der Waals surface area contributed by atoms with E-state index in [0.29, 0.717) is 23.4 Å². The van der Waals surface area contributed by atoms with Crippen LogP contribution < -0.4 is 15.8 Å². The van der Waals surface area contributed by atoms with Crippen molar-refractivity contribution in [1.29, 1.82) is 0 Å². The highest BCUT2D eigenvalue weighted by atomic mass is 16.5. The van der Waals surface area contributed by atoms with Crippen molar-refractivity contribution < 1.29 is 9.47 Å². The molecule has 0 spiro atoms. The topological polar surface area (TPSA) is 111 Å². The van der Waals surface area contributed by atoms with E-state index in [-0.39, 0.29) is 6.10 Å². The molecule has 0 atom stereocenters. The number of nitrogen functional groups attached to an aromatic ring is 1. The predicted octanol–water partition coefficient (Wildman–Crippen LogP) is 2.64. The number of nitrogens with two attached hydrogens (primary N) is 1. The molecule has 1 saturated carbocycles. The largest absolute Gasteiger partial charge is 0.488 e. The molecule has 3 heterocycles. The zero-order valence-corrected chi connectivity index (χ0v) is 18.1. The van der Waals surface area contributed by atoms with Crippen molar-refractivity contribution in [3.63, 3.8) is 0 Å². The first-order valence-electron chi connectivity index (χ1n) is 11.3. The molecule has 0 radical (unpaired) electrons. The maximum atomic E-state index is 6.29. The number of anilines is 2. The number of nitrogens with one attached hydrogen (secondary N) is 1. The second-order valence-electron chi connectivity index (χ2n) is 8.44. The van der Waals surface area contributed by atoms with Gasteiger partial charge in [-0.1, -0.05) is 0 Å². The molecule has 168 valence electrons. The standard InChI is InChI=1S/C23H29N7O2/c24-16-13-20-22(26-8-7-25-20)21(14-16)32-19-3-1-17(2-4-19)28-23-27-6-5-18(29-23)15-30-9-11-31-12-10-30/h5-8,13-14,17,19H,1-4,9-12,15,24H2,(H,27,28,29). The second-order valence-corrected chi connectivity index (χ2v) is 8.44. The Morgan fingerprint density at radius 3 is 2.69 bits per heavy atom. The van der Waals surface area contributed by atoms with Crippen molar-refractivity contribution in [3.05, 3.63) is 42.5 Å². The van der Waals surface area contributed by atoms with Crippen LogP contribution in [0.2, 0.25) is 0 Å². The van der Waals surface area contributed by atoms with E-state index in [1.165, 1.54) is 0 Å². The lowest BCUT2D eigenvalue weighted by Crippen LogP contribution is -2.36. The van der Waals surface area contributed by atoms with E-state index in [4.69, 9.17) is 20.2 Å². The summed E-state index contributed by atoms with van der Waals surface area (Å²) in [6.45, 7) is 4.31. The molecule has 2 fully saturated rings. The Hall–Kier alpha value is -3.04. The van der Waals surface area contributed by atoms with Gasteiger partial charge in [0, 0.05) is 56.0 Å². The van der Waals surface area contributed by atoms with Crippen LogP contribution in [-0.2, 0) is 11.3 Å². The molecule has 2 aromatic heterocycles. The van der Waals surface area contributed by atoms with E-state index in [1.54, 1.807) is 12.4 Å². The summed E-state index contributed by atoms with van der Waals surface area (Å²) in [5.74, 6) is 1.42. The van der Waals surface area contributed by atoms with Gasteiger partial charge in [0.15, 0.2) is 0 Å². The molecule has 32 heavy (non-hydrogen) atoms. The first kappa shape index (κ1) is 20.8. The van der Waals surface area contributed by atoms with E-state index < -0.39 is 0 Å². The molecule has 1 aromatic carbocycles. The average Bonchev–Trinajstić information content (AvgIpc) is 2.81. The minimum atomic E-state index is 0.133. The number of morpholine rings is 1. The van der Waals surface area contributed by atoms with Gasteiger partial charge < -0.3 is 20.5 Å². The fourth-order valence-corrected chi connectivity index (χ4v) is 4.38. The minimum absolute atomic E-state index is 0.133. The van der Waals surface area contributed by atoms with Crippen LogP contribution in [0, 0.1) is 0 Å². The molecular formula is C23H29N7O2. The number of hydrogen-bond acceptors (Lipinski definition) is 9. The van der Waals surface area contributed by atoms with Crippen LogP contribution in [0.1, 0.15) is 31.4 Å². The number of aromatic nitrogens is 4. The predicted molar refractivity (Wildman–Crippen MR) is 122 cm³/mol. The molecule has 9 nitrogen and oxygen atoms in total. The number of nitrogens with zero attached hydrogens (tertiary/aromatic N) is 5. The normalized spacial score (nSPS) is 22.0. The zero-order chi connectivity index (χ0) is 21.8. The van der Waals surface area contributed by atoms with Crippen LogP contribution in [-0.4, -0.2) is 63.3 Å². The Morgan fingerprint density at radius 2 is 1.84 bits per heavy atom. The molecule has 0 bridgehead atoms. The molecule has 1 aliphatic carbocycles. The highest BCUT2D eigenvalue weighted by Crippen LogP contribution is 2.30. The quantitative estimate of drug-likeness (QED) is 0.564. The third-order valence-electron chi connectivity index (χ3n) is 6.06. The smallest absolute Gasteiger partial charge is 0.223 e. The van der Waals surface area contributed by atoms with Gasteiger partial charge in [-0.05, 0) is 37.8 Å². The van der Waals surface area contributed by atoms with Crippen LogP contribution >= 0.6 is 0 Å². The second kappa shape index (κ2) is 9.62. The van der Waals surface area contributed by atoms with Crippen LogP contribution in [0.3, 0.4) is 0 Å². The molecule has 9 heteroatoms. The summed E-state index contributed by atoms with van der Waals surface area (Å²) >= 11 is 0. The van der Waals surface area contributed by atoms with E-state index in [0.717, 1.165) is 75.3 Å². The van der Waals surface area contributed by atoms with Gasteiger partial charge in [0.25, 0.3) is 0 Å². The Labute approximate surface area is 187 Å². The maximum absolute atomic E-state index is 6.29. The van der Waals surface area contributed by atoms with E-state index in [9.17, 15) is 0 Å². The SMILES string of the molecule is Nc1cc(OC2CCC(Nc3nccc(CN4CCOCC4)n3)CC2)c2nccnc2c1. The number of hydrogen-bond donors (Lipinski definition) is 2. The first-order chi connectivity index (χ1) is 15.7. The van der Waals surface area contributed by atoms with Gasteiger partial charge in [-0.3, -0.25) is 9.88 Å². The Morgan fingerprint density at radius 1 is 1.03 bits per heavy atom. The summed E-state index contributed by atoms with van der Waals surface area (Å²) in [4.78, 5) is 20.3. The van der Waals surface area contributed by atoms with Gasteiger partial charge in [-0.25, -0.2) is 15.0 Å². The van der Waals surface area contributed by atoms with Gasteiger partial charge in [-0.2, -0.15) is 0 Å². The zero-order valence-electron chi connectivity index (χ0n) is 18.1. The highest BCUT2D eigenvalue weighted by molar-refractivity contribution is 5.84. The van der Waals surface area contributed by atoms with Gasteiger partial charge in [0.05, 0.1) is 30.5 Å². The maximum Gasteiger partial charge on any atom is 0.223 e. The Kier molecular flexibility index (Phi) is 6.27. The van der Waals surface area contributed by atoms with Crippen molar-refractivity contribution >= 4 is 22.7 Å². The lowest BCUT2D eigenvalue weighted by Gasteiger charge is -2.30. The summed E-state index contributed by atoms with van der Waals surface area (Å²) in [5, 5.41) is 3.52. The van der Waals surface area contributed by atoms with E-state index in [1.807, 2.05) is 24.4 Å². The summed E-state index contributed by atoms with van der Waals surface area (Å²) in [6.07, 6.45) is 9.20. The van der Waals surface area contributed by atoms with Crippen molar-refractivity contribution in [3.8, 4) is 5.75 Å². The van der Waals surface area contributed by atoms with Crippen molar-refractivity contribution in [2.24, 2.45) is 0 Å². The number of ether oxygens (including phenoxy) is 2. The van der Waals surface area contributed by atoms with Crippen molar-refractivity contribution in [2.75, 3.05) is 37.4 Å². The molecule has 3 N–H and O–H groups in total. The van der Waals surface area contributed by atoms with Crippen molar-refractivity contribution in [2.45, 2.75) is 44.4 Å². The monoisotopic (exact) mass is 435 g/mol. The Bertz CT molecular complexity index is 1050. The molecule has 0 amide bonds. The highest BCUT2D eigenvalue weighted by Gasteiger charge is 2.24. The fourth-order valence-electron chi connectivity index (χ4n) is 4.38. The molecule has 1 aliphatic heterocycles. The van der Waals surface area contributed by atoms with Gasteiger partial charge in [0.1, 0.15) is 11.3 Å². The number of fused-ring (bicyclic) bond motifs is 1. The average molecular weight is 436 g/mol. The fraction of sp³-hybridized carbons (Fsp3) is 0.478.